The zero-order valence-electron chi connectivity index (χ0n) is 11.8. The van der Waals surface area contributed by atoms with Gasteiger partial charge in [-0.3, -0.25) is 4.79 Å². The maximum atomic E-state index is 11.6. The summed E-state index contributed by atoms with van der Waals surface area (Å²) in [7, 11) is -0.320. The molecule has 0 atom stereocenters. The molecule has 1 aromatic rings. The summed E-state index contributed by atoms with van der Waals surface area (Å²) in [6.45, 7) is 0.126. The molecule has 20 heavy (non-hydrogen) atoms. The lowest BCUT2D eigenvalue weighted by atomic mass is 10.1. The van der Waals surface area contributed by atoms with E-state index in [1.807, 2.05) is 12.1 Å². The molecule has 0 fully saturated rings. The average molecular weight is 299 g/mol. The third-order valence-corrected chi connectivity index (χ3v) is 4.69. The molecular weight excluding hydrogens is 278 g/mol. The highest BCUT2D eigenvalue weighted by atomic mass is 32.2. The number of sulfonamides is 1. The van der Waals surface area contributed by atoms with E-state index in [1.165, 1.54) is 14.1 Å². The zero-order valence-corrected chi connectivity index (χ0v) is 12.6. The van der Waals surface area contributed by atoms with Crippen molar-refractivity contribution >= 4 is 21.6 Å². The minimum absolute atomic E-state index is 0.0897. The van der Waals surface area contributed by atoms with Crippen LogP contribution in [0.3, 0.4) is 0 Å². The van der Waals surface area contributed by atoms with E-state index in [4.69, 9.17) is 5.73 Å². The van der Waals surface area contributed by atoms with Crippen LogP contribution in [-0.4, -0.2) is 45.0 Å². The number of nitrogen functional groups attached to an aromatic ring is 1. The van der Waals surface area contributed by atoms with E-state index in [0.29, 0.717) is 18.5 Å². The van der Waals surface area contributed by atoms with Gasteiger partial charge in [0.25, 0.3) is 0 Å². The van der Waals surface area contributed by atoms with E-state index >= 15 is 0 Å². The van der Waals surface area contributed by atoms with Crippen LogP contribution in [-0.2, 0) is 21.2 Å². The molecule has 6 nitrogen and oxygen atoms in total. The number of aryl methyl sites for hydroxylation is 1. The highest BCUT2D eigenvalue weighted by molar-refractivity contribution is 7.89. The van der Waals surface area contributed by atoms with Crippen molar-refractivity contribution in [2.45, 2.75) is 12.8 Å². The van der Waals surface area contributed by atoms with Crippen molar-refractivity contribution < 1.29 is 13.2 Å². The number of hydrogen-bond acceptors (Lipinski definition) is 4. The Hall–Kier alpha value is -1.60. The van der Waals surface area contributed by atoms with Gasteiger partial charge >= 0.3 is 0 Å². The SMILES string of the molecule is CN(C)S(=O)(=O)CCNC(=O)CCc1ccc(N)cc1. The molecule has 0 aliphatic rings. The molecule has 3 N–H and O–H groups in total. The van der Waals surface area contributed by atoms with Crippen molar-refractivity contribution in [1.82, 2.24) is 9.62 Å². The third kappa shape index (κ3) is 5.58. The van der Waals surface area contributed by atoms with Gasteiger partial charge in [0, 0.05) is 32.7 Å². The Labute approximate surface area is 120 Å². The number of nitrogens with one attached hydrogen (secondary N) is 1. The highest BCUT2D eigenvalue weighted by Crippen LogP contribution is 2.07. The quantitative estimate of drug-likeness (QED) is 0.704. The van der Waals surface area contributed by atoms with E-state index in [0.717, 1.165) is 9.87 Å². The molecule has 0 bridgehead atoms. The summed E-state index contributed by atoms with van der Waals surface area (Å²) in [6, 6.07) is 7.33. The molecule has 0 heterocycles. The van der Waals surface area contributed by atoms with E-state index in [1.54, 1.807) is 12.1 Å². The summed E-state index contributed by atoms with van der Waals surface area (Å²) in [6.07, 6.45) is 0.929. The molecule has 1 amide bonds. The summed E-state index contributed by atoms with van der Waals surface area (Å²) < 4.78 is 24.1. The average Bonchev–Trinajstić information content (AvgIpc) is 2.37. The molecule has 112 valence electrons. The van der Waals surface area contributed by atoms with Gasteiger partial charge in [-0.25, -0.2) is 12.7 Å². The first kappa shape index (κ1) is 16.5. The second-order valence-electron chi connectivity index (χ2n) is 4.69. The molecule has 0 spiro atoms. The first-order chi connectivity index (χ1) is 9.31. The van der Waals surface area contributed by atoms with Crippen molar-refractivity contribution in [2.24, 2.45) is 0 Å². The molecule has 0 aliphatic carbocycles. The summed E-state index contributed by atoms with van der Waals surface area (Å²) in [5.74, 6) is -0.246. The van der Waals surface area contributed by atoms with Crippen LogP contribution in [0.25, 0.3) is 0 Å². The lowest BCUT2D eigenvalue weighted by molar-refractivity contribution is -0.120. The topological polar surface area (TPSA) is 92.5 Å². The summed E-state index contributed by atoms with van der Waals surface area (Å²) in [4.78, 5) is 11.6. The Bertz CT molecular complexity index is 538. The fourth-order valence-electron chi connectivity index (χ4n) is 1.53. The largest absolute Gasteiger partial charge is 0.399 e. The van der Waals surface area contributed by atoms with Gasteiger partial charge in [-0.05, 0) is 24.1 Å². The first-order valence-corrected chi connectivity index (χ1v) is 7.93. The molecule has 7 heteroatoms. The van der Waals surface area contributed by atoms with Crippen LogP contribution in [0.2, 0.25) is 0 Å². The van der Waals surface area contributed by atoms with E-state index < -0.39 is 10.0 Å². The fraction of sp³-hybridized carbons (Fsp3) is 0.462. The van der Waals surface area contributed by atoms with Gasteiger partial charge in [0.2, 0.25) is 15.9 Å². The van der Waals surface area contributed by atoms with Gasteiger partial charge in [-0.1, -0.05) is 12.1 Å². The lowest BCUT2D eigenvalue weighted by Crippen LogP contribution is -2.33. The second kappa shape index (κ2) is 7.25. The number of anilines is 1. The van der Waals surface area contributed by atoms with Crippen LogP contribution in [0, 0.1) is 0 Å². The summed E-state index contributed by atoms with van der Waals surface area (Å²) >= 11 is 0. The number of hydrogen-bond donors (Lipinski definition) is 2. The molecule has 0 unspecified atom stereocenters. The molecular formula is C13H21N3O3S. The van der Waals surface area contributed by atoms with Crippen molar-refractivity contribution in [3.05, 3.63) is 29.8 Å². The number of benzene rings is 1. The lowest BCUT2D eigenvalue weighted by Gasteiger charge is -2.11. The van der Waals surface area contributed by atoms with Crippen LogP contribution in [0.1, 0.15) is 12.0 Å². The molecule has 0 aliphatic heterocycles. The zero-order chi connectivity index (χ0) is 15.2. The van der Waals surface area contributed by atoms with Gasteiger partial charge in [-0.15, -0.1) is 0 Å². The number of carbonyl (C=O) groups excluding carboxylic acids is 1. The molecule has 1 rings (SSSR count). The number of carbonyl (C=O) groups is 1. The van der Waals surface area contributed by atoms with Crippen molar-refractivity contribution in [3.63, 3.8) is 0 Å². The van der Waals surface area contributed by atoms with E-state index in [2.05, 4.69) is 5.32 Å². The van der Waals surface area contributed by atoms with E-state index in [-0.39, 0.29) is 18.2 Å². The third-order valence-electron chi connectivity index (χ3n) is 2.86. The summed E-state index contributed by atoms with van der Waals surface area (Å²) in [5, 5.41) is 2.61. The van der Waals surface area contributed by atoms with Crippen molar-refractivity contribution in [1.29, 1.82) is 0 Å². The Morgan fingerprint density at radius 3 is 2.40 bits per heavy atom. The Morgan fingerprint density at radius 1 is 1.25 bits per heavy atom. The van der Waals surface area contributed by atoms with Gasteiger partial charge in [0.1, 0.15) is 0 Å². The minimum Gasteiger partial charge on any atom is -0.399 e. The Morgan fingerprint density at radius 2 is 1.85 bits per heavy atom. The Kier molecular flexibility index (Phi) is 5.97. The monoisotopic (exact) mass is 299 g/mol. The van der Waals surface area contributed by atoms with Crippen molar-refractivity contribution in [2.75, 3.05) is 32.1 Å². The van der Waals surface area contributed by atoms with Crippen LogP contribution < -0.4 is 11.1 Å². The molecule has 1 aromatic carbocycles. The Balaban J connectivity index is 2.29. The van der Waals surface area contributed by atoms with Gasteiger partial charge in [0.15, 0.2) is 0 Å². The van der Waals surface area contributed by atoms with Gasteiger partial charge in [-0.2, -0.15) is 0 Å². The van der Waals surface area contributed by atoms with Crippen LogP contribution in [0.4, 0.5) is 5.69 Å². The van der Waals surface area contributed by atoms with E-state index in [9.17, 15) is 13.2 Å². The first-order valence-electron chi connectivity index (χ1n) is 6.32. The van der Waals surface area contributed by atoms with Crippen LogP contribution in [0.15, 0.2) is 24.3 Å². The standard InChI is InChI=1S/C13H21N3O3S/c1-16(2)20(18,19)10-9-15-13(17)8-5-11-3-6-12(14)7-4-11/h3-4,6-7H,5,8-10,14H2,1-2H3,(H,15,17). The predicted octanol–water partition coefficient (Wildman–Crippen LogP) is 0.209. The number of nitrogens with two attached hydrogens (primary N) is 1. The van der Waals surface area contributed by atoms with Crippen LogP contribution in [0.5, 0.6) is 0 Å². The number of amides is 1. The van der Waals surface area contributed by atoms with Gasteiger partial charge < -0.3 is 11.1 Å². The summed E-state index contributed by atoms with van der Waals surface area (Å²) in [5.41, 5.74) is 7.28. The van der Waals surface area contributed by atoms with Gasteiger partial charge in [0.05, 0.1) is 5.75 Å². The maximum absolute atomic E-state index is 11.6. The normalized spacial score (nSPS) is 11.6. The molecule has 0 saturated heterocycles. The fourth-order valence-corrected chi connectivity index (χ4v) is 2.26. The molecule has 0 aromatic heterocycles. The predicted molar refractivity (Wildman–Crippen MR) is 79.7 cm³/mol. The second-order valence-corrected chi connectivity index (χ2v) is 6.99. The number of rotatable bonds is 7. The minimum atomic E-state index is -3.26. The molecule has 0 saturated carbocycles. The smallest absolute Gasteiger partial charge is 0.220 e. The van der Waals surface area contributed by atoms with Crippen LogP contribution >= 0.6 is 0 Å². The van der Waals surface area contributed by atoms with Crippen molar-refractivity contribution in [3.8, 4) is 0 Å². The maximum Gasteiger partial charge on any atom is 0.220 e. The highest BCUT2D eigenvalue weighted by Gasteiger charge is 2.13. The number of nitrogens with zero attached hydrogens (tertiary/aromatic N) is 1. The molecule has 0 radical (unpaired) electrons.